The molecule has 0 bridgehead atoms. The minimum Gasteiger partial charge on any atom is -0.496 e. The van der Waals surface area contributed by atoms with Crippen LogP contribution in [0.2, 0.25) is 0 Å². The predicted octanol–water partition coefficient (Wildman–Crippen LogP) is 2.74. The number of fused-ring (bicyclic) bond motifs is 1. The molecule has 2 aromatic rings. The van der Waals surface area contributed by atoms with Crippen molar-refractivity contribution >= 4 is 5.91 Å². The Kier molecular flexibility index (Phi) is 6.20. The average molecular weight is 396 g/mol. The number of carbonyl (C=O) groups is 1. The first-order chi connectivity index (χ1) is 14.2. The quantitative estimate of drug-likeness (QED) is 0.720. The third-order valence-electron chi connectivity index (χ3n) is 5.68. The minimum absolute atomic E-state index is 0.229. The van der Waals surface area contributed by atoms with Gasteiger partial charge < -0.3 is 19.1 Å². The van der Waals surface area contributed by atoms with Gasteiger partial charge in [0.1, 0.15) is 5.75 Å². The van der Waals surface area contributed by atoms with E-state index in [0.29, 0.717) is 6.42 Å². The molecule has 2 aliphatic rings. The molecule has 0 aromatic heterocycles. The first-order valence-corrected chi connectivity index (χ1v) is 10.2. The summed E-state index contributed by atoms with van der Waals surface area (Å²) in [6, 6.07) is 14.1. The van der Waals surface area contributed by atoms with Crippen molar-refractivity contribution in [3.63, 3.8) is 0 Å². The van der Waals surface area contributed by atoms with Crippen LogP contribution < -0.4 is 14.2 Å². The molecule has 0 radical (unpaired) electrons. The zero-order valence-corrected chi connectivity index (χ0v) is 16.9. The molecule has 2 aliphatic heterocycles. The van der Waals surface area contributed by atoms with Crippen LogP contribution in [0.3, 0.4) is 0 Å². The van der Waals surface area contributed by atoms with E-state index in [9.17, 15) is 4.79 Å². The lowest BCUT2D eigenvalue weighted by Gasteiger charge is -2.35. The summed E-state index contributed by atoms with van der Waals surface area (Å²) < 4.78 is 16.2. The maximum atomic E-state index is 12.6. The minimum atomic E-state index is 0.229. The van der Waals surface area contributed by atoms with E-state index in [4.69, 9.17) is 14.2 Å². The number of hydrogen-bond donors (Lipinski definition) is 0. The Bertz CT molecular complexity index is 847. The second-order valence-electron chi connectivity index (χ2n) is 7.47. The lowest BCUT2D eigenvalue weighted by Crippen LogP contribution is -2.49. The lowest BCUT2D eigenvalue weighted by atomic mass is 10.1. The first-order valence-electron chi connectivity index (χ1n) is 10.2. The summed E-state index contributed by atoms with van der Waals surface area (Å²) >= 11 is 0. The number of aryl methyl sites for hydroxylation is 1. The molecular weight excluding hydrogens is 368 g/mol. The SMILES string of the molecule is COc1ccccc1CCN1CCN(C(=O)CCc2ccc3c(c2)OCO3)CC1. The monoisotopic (exact) mass is 396 g/mol. The van der Waals surface area contributed by atoms with Gasteiger partial charge in [0.05, 0.1) is 7.11 Å². The van der Waals surface area contributed by atoms with Gasteiger partial charge in [-0.3, -0.25) is 9.69 Å². The number of para-hydroxylation sites is 1. The van der Waals surface area contributed by atoms with Crippen molar-refractivity contribution in [3.8, 4) is 17.2 Å². The van der Waals surface area contributed by atoms with Crippen molar-refractivity contribution in [2.24, 2.45) is 0 Å². The van der Waals surface area contributed by atoms with Crippen molar-refractivity contribution in [2.75, 3.05) is 46.6 Å². The summed E-state index contributed by atoms with van der Waals surface area (Å²) in [7, 11) is 1.72. The Labute approximate surface area is 172 Å². The summed E-state index contributed by atoms with van der Waals surface area (Å²) in [5.41, 5.74) is 2.34. The Hall–Kier alpha value is -2.73. The van der Waals surface area contributed by atoms with Crippen LogP contribution >= 0.6 is 0 Å². The molecule has 0 N–H and O–H groups in total. The second kappa shape index (κ2) is 9.18. The van der Waals surface area contributed by atoms with Gasteiger partial charge in [-0.25, -0.2) is 0 Å². The van der Waals surface area contributed by atoms with Gasteiger partial charge in [-0.15, -0.1) is 0 Å². The van der Waals surface area contributed by atoms with Gasteiger partial charge in [-0.2, -0.15) is 0 Å². The number of carbonyl (C=O) groups excluding carboxylic acids is 1. The molecule has 0 saturated carbocycles. The molecule has 4 rings (SSSR count). The van der Waals surface area contributed by atoms with Crippen molar-refractivity contribution in [1.29, 1.82) is 0 Å². The molecule has 1 fully saturated rings. The van der Waals surface area contributed by atoms with E-state index in [2.05, 4.69) is 17.0 Å². The maximum absolute atomic E-state index is 12.6. The highest BCUT2D eigenvalue weighted by molar-refractivity contribution is 5.76. The van der Waals surface area contributed by atoms with Gasteiger partial charge in [-0.05, 0) is 42.2 Å². The molecule has 0 spiro atoms. The van der Waals surface area contributed by atoms with E-state index in [1.165, 1.54) is 5.56 Å². The van der Waals surface area contributed by atoms with Crippen molar-refractivity contribution in [1.82, 2.24) is 9.80 Å². The molecule has 2 heterocycles. The Morgan fingerprint density at radius 1 is 1.00 bits per heavy atom. The standard InChI is InChI=1S/C23H28N2O4/c1-27-20-5-3-2-4-19(20)10-11-24-12-14-25(15-13-24)23(26)9-7-18-6-8-21-22(16-18)29-17-28-21/h2-6,8,16H,7,9-15,17H2,1H3. The van der Waals surface area contributed by atoms with Gasteiger partial charge in [0.2, 0.25) is 12.7 Å². The number of methoxy groups -OCH3 is 1. The number of nitrogens with zero attached hydrogens (tertiary/aromatic N) is 2. The molecule has 0 atom stereocenters. The number of rotatable bonds is 7. The smallest absolute Gasteiger partial charge is 0.231 e. The molecule has 1 saturated heterocycles. The molecule has 6 nitrogen and oxygen atoms in total. The summed E-state index contributed by atoms with van der Waals surface area (Å²) in [5.74, 6) is 2.74. The zero-order valence-electron chi connectivity index (χ0n) is 16.9. The molecule has 29 heavy (non-hydrogen) atoms. The third kappa shape index (κ3) is 4.82. The van der Waals surface area contributed by atoms with Crippen molar-refractivity contribution in [2.45, 2.75) is 19.3 Å². The van der Waals surface area contributed by atoms with Crippen LogP contribution in [0.5, 0.6) is 17.2 Å². The largest absolute Gasteiger partial charge is 0.496 e. The van der Waals surface area contributed by atoms with Gasteiger partial charge in [-0.1, -0.05) is 24.3 Å². The number of piperazine rings is 1. The van der Waals surface area contributed by atoms with Crippen LogP contribution in [0.15, 0.2) is 42.5 Å². The molecule has 154 valence electrons. The van der Waals surface area contributed by atoms with Crippen molar-refractivity contribution < 1.29 is 19.0 Å². The summed E-state index contributed by atoms with van der Waals surface area (Å²) in [6.45, 7) is 4.70. The summed E-state index contributed by atoms with van der Waals surface area (Å²) in [4.78, 5) is 17.0. The summed E-state index contributed by atoms with van der Waals surface area (Å²) in [5, 5.41) is 0. The topological polar surface area (TPSA) is 51.2 Å². The van der Waals surface area contributed by atoms with Crippen molar-refractivity contribution in [3.05, 3.63) is 53.6 Å². The van der Waals surface area contributed by atoms with Crippen LogP contribution in [0, 0.1) is 0 Å². The highest BCUT2D eigenvalue weighted by atomic mass is 16.7. The molecule has 6 heteroatoms. The van der Waals surface area contributed by atoms with Crippen LogP contribution in [0.1, 0.15) is 17.5 Å². The van der Waals surface area contributed by atoms with E-state index in [0.717, 1.165) is 68.4 Å². The van der Waals surface area contributed by atoms with E-state index >= 15 is 0 Å². The fraction of sp³-hybridized carbons (Fsp3) is 0.435. The molecule has 2 aromatic carbocycles. The number of amides is 1. The maximum Gasteiger partial charge on any atom is 0.231 e. The van der Waals surface area contributed by atoms with Gasteiger partial charge in [0.15, 0.2) is 11.5 Å². The van der Waals surface area contributed by atoms with Crippen LogP contribution in [-0.4, -0.2) is 62.3 Å². The zero-order chi connectivity index (χ0) is 20.1. The predicted molar refractivity (Wildman–Crippen MR) is 111 cm³/mol. The third-order valence-corrected chi connectivity index (χ3v) is 5.68. The van der Waals surface area contributed by atoms with Crippen LogP contribution in [0.25, 0.3) is 0 Å². The first kappa shape index (κ1) is 19.6. The number of ether oxygens (including phenoxy) is 3. The highest BCUT2D eigenvalue weighted by Crippen LogP contribution is 2.32. The second-order valence-corrected chi connectivity index (χ2v) is 7.47. The van der Waals surface area contributed by atoms with Gasteiger partial charge in [0.25, 0.3) is 0 Å². The fourth-order valence-electron chi connectivity index (χ4n) is 3.91. The van der Waals surface area contributed by atoms with Gasteiger partial charge in [0, 0.05) is 39.1 Å². The normalized spacial score (nSPS) is 16.1. The fourth-order valence-corrected chi connectivity index (χ4v) is 3.91. The molecule has 1 amide bonds. The lowest BCUT2D eigenvalue weighted by molar-refractivity contribution is -0.132. The number of benzene rings is 2. The highest BCUT2D eigenvalue weighted by Gasteiger charge is 2.21. The molecule has 0 unspecified atom stereocenters. The summed E-state index contributed by atoms with van der Waals surface area (Å²) in [6.07, 6.45) is 2.21. The van der Waals surface area contributed by atoms with Crippen LogP contribution in [0.4, 0.5) is 0 Å². The van der Waals surface area contributed by atoms with E-state index in [1.807, 2.05) is 35.2 Å². The van der Waals surface area contributed by atoms with Crippen LogP contribution in [-0.2, 0) is 17.6 Å². The molecular formula is C23H28N2O4. The Morgan fingerprint density at radius 3 is 2.62 bits per heavy atom. The van der Waals surface area contributed by atoms with E-state index in [-0.39, 0.29) is 12.7 Å². The Balaban J connectivity index is 1.20. The van der Waals surface area contributed by atoms with Gasteiger partial charge >= 0.3 is 0 Å². The Morgan fingerprint density at radius 2 is 1.79 bits per heavy atom. The molecule has 0 aliphatic carbocycles. The average Bonchev–Trinajstić information content (AvgIpc) is 3.24. The van der Waals surface area contributed by atoms with E-state index < -0.39 is 0 Å². The van der Waals surface area contributed by atoms with E-state index in [1.54, 1.807) is 7.11 Å². The number of hydrogen-bond acceptors (Lipinski definition) is 5.